The molecule has 1 aliphatic rings. The van der Waals surface area contributed by atoms with Crippen molar-refractivity contribution in [3.05, 3.63) is 28.7 Å². The summed E-state index contributed by atoms with van der Waals surface area (Å²) in [6, 6.07) is 0. The van der Waals surface area contributed by atoms with Gasteiger partial charge >= 0.3 is 0 Å². The van der Waals surface area contributed by atoms with Gasteiger partial charge in [-0.3, -0.25) is 0 Å². The topological polar surface area (TPSA) is 35.0 Å². The van der Waals surface area contributed by atoms with Crippen LogP contribution in [-0.4, -0.2) is 16.6 Å². The average Bonchev–Trinajstić information content (AvgIpc) is 3.07. The maximum atomic E-state index is 6.08. The Labute approximate surface area is 107 Å². The Hall–Kier alpha value is -1.09. The maximum Gasteiger partial charge on any atom is 0.221 e. The first-order valence-corrected chi connectivity index (χ1v) is 6.27. The van der Waals surface area contributed by atoms with Crippen molar-refractivity contribution in [1.29, 1.82) is 0 Å². The van der Waals surface area contributed by atoms with Gasteiger partial charge in [-0.2, -0.15) is 4.98 Å². The number of nitrogens with zero attached hydrogens (tertiary/aromatic N) is 2. The van der Waals surface area contributed by atoms with E-state index in [4.69, 9.17) is 16.3 Å². The zero-order valence-corrected chi connectivity index (χ0v) is 11.0. The fraction of sp³-hybridized carbons (Fsp3) is 0.538. The van der Waals surface area contributed by atoms with E-state index in [0.29, 0.717) is 23.6 Å². The first kappa shape index (κ1) is 12.4. The Morgan fingerprint density at radius 2 is 2.18 bits per heavy atom. The van der Waals surface area contributed by atoms with Crippen molar-refractivity contribution < 1.29 is 4.74 Å². The molecule has 0 spiro atoms. The molecule has 17 heavy (non-hydrogen) atoms. The van der Waals surface area contributed by atoms with Crippen LogP contribution in [0.25, 0.3) is 0 Å². The van der Waals surface area contributed by atoms with Crippen molar-refractivity contribution >= 4 is 11.6 Å². The zero-order valence-electron chi connectivity index (χ0n) is 10.3. The van der Waals surface area contributed by atoms with E-state index >= 15 is 0 Å². The molecular weight excluding hydrogens is 236 g/mol. The van der Waals surface area contributed by atoms with Crippen molar-refractivity contribution in [1.82, 2.24) is 9.97 Å². The van der Waals surface area contributed by atoms with E-state index < -0.39 is 0 Å². The second-order valence-corrected chi connectivity index (χ2v) is 4.99. The molecule has 2 rings (SSSR count). The SMILES string of the molecule is C=C(C)CCOc1nc(C2CC2)nc(Cl)c1C. The zero-order chi connectivity index (χ0) is 12.4. The molecule has 0 saturated heterocycles. The van der Waals surface area contributed by atoms with Crippen LogP contribution in [0.2, 0.25) is 5.15 Å². The molecule has 0 N–H and O–H groups in total. The van der Waals surface area contributed by atoms with Gasteiger partial charge in [0.25, 0.3) is 0 Å². The van der Waals surface area contributed by atoms with Crippen LogP contribution in [0.5, 0.6) is 5.88 Å². The summed E-state index contributed by atoms with van der Waals surface area (Å²) in [5, 5.41) is 0.507. The van der Waals surface area contributed by atoms with Gasteiger partial charge in [0.15, 0.2) is 0 Å². The molecule has 0 aliphatic heterocycles. The highest BCUT2D eigenvalue weighted by atomic mass is 35.5. The van der Waals surface area contributed by atoms with Crippen LogP contribution >= 0.6 is 11.6 Å². The maximum absolute atomic E-state index is 6.08. The van der Waals surface area contributed by atoms with Gasteiger partial charge in [-0.15, -0.1) is 6.58 Å². The Morgan fingerprint density at radius 1 is 1.47 bits per heavy atom. The van der Waals surface area contributed by atoms with E-state index in [-0.39, 0.29) is 0 Å². The van der Waals surface area contributed by atoms with Crippen LogP contribution in [-0.2, 0) is 0 Å². The highest BCUT2D eigenvalue weighted by Gasteiger charge is 2.28. The van der Waals surface area contributed by atoms with Gasteiger partial charge in [-0.1, -0.05) is 17.2 Å². The monoisotopic (exact) mass is 252 g/mol. The minimum atomic E-state index is 0.483. The molecule has 1 aromatic rings. The lowest BCUT2D eigenvalue weighted by molar-refractivity contribution is 0.305. The summed E-state index contributed by atoms with van der Waals surface area (Å²) in [7, 11) is 0. The Bertz CT molecular complexity index is 441. The Kier molecular flexibility index (Phi) is 3.67. The third kappa shape index (κ3) is 3.19. The number of aromatic nitrogens is 2. The van der Waals surface area contributed by atoms with Gasteiger partial charge in [-0.05, 0) is 26.7 Å². The molecule has 3 nitrogen and oxygen atoms in total. The summed E-state index contributed by atoms with van der Waals surface area (Å²) in [6.45, 7) is 8.30. The predicted octanol–water partition coefficient (Wildman–Crippen LogP) is 3.66. The fourth-order valence-corrected chi connectivity index (χ4v) is 1.64. The van der Waals surface area contributed by atoms with Gasteiger partial charge in [0.2, 0.25) is 5.88 Å². The minimum absolute atomic E-state index is 0.483. The standard InChI is InChI=1S/C13H17ClN2O/c1-8(2)6-7-17-13-9(3)11(14)15-12(16-13)10-4-5-10/h10H,1,4-7H2,2-3H3. The highest BCUT2D eigenvalue weighted by molar-refractivity contribution is 6.30. The molecule has 1 aromatic heterocycles. The van der Waals surface area contributed by atoms with E-state index in [1.165, 1.54) is 0 Å². The van der Waals surface area contributed by atoms with Crippen molar-refractivity contribution in [2.75, 3.05) is 6.61 Å². The van der Waals surface area contributed by atoms with Crippen molar-refractivity contribution in [3.8, 4) is 5.88 Å². The van der Waals surface area contributed by atoms with Crippen LogP contribution in [0.3, 0.4) is 0 Å². The molecule has 0 radical (unpaired) electrons. The quantitative estimate of drug-likeness (QED) is 0.593. The summed E-state index contributed by atoms with van der Waals surface area (Å²) in [4.78, 5) is 8.74. The lowest BCUT2D eigenvalue weighted by Gasteiger charge is -2.10. The lowest BCUT2D eigenvalue weighted by Crippen LogP contribution is -2.05. The smallest absolute Gasteiger partial charge is 0.221 e. The van der Waals surface area contributed by atoms with Gasteiger partial charge < -0.3 is 4.74 Å². The van der Waals surface area contributed by atoms with Gasteiger partial charge in [0.1, 0.15) is 11.0 Å². The lowest BCUT2D eigenvalue weighted by atomic mass is 10.2. The highest BCUT2D eigenvalue weighted by Crippen LogP contribution is 2.39. The van der Waals surface area contributed by atoms with Crippen LogP contribution < -0.4 is 4.74 Å². The largest absolute Gasteiger partial charge is 0.477 e. The van der Waals surface area contributed by atoms with Gasteiger partial charge in [0, 0.05) is 17.9 Å². The molecule has 0 aromatic carbocycles. The van der Waals surface area contributed by atoms with Gasteiger partial charge in [-0.25, -0.2) is 4.98 Å². The van der Waals surface area contributed by atoms with Crippen LogP contribution in [0.15, 0.2) is 12.2 Å². The summed E-state index contributed by atoms with van der Waals surface area (Å²) >= 11 is 6.08. The number of rotatable bonds is 5. The molecular formula is C13H17ClN2O. The number of hydrogen-bond acceptors (Lipinski definition) is 3. The molecule has 4 heteroatoms. The Balaban J connectivity index is 2.11. The van der Waals surface area contributed by atoms with E-state index in [0.717, 1.165) is 36.2 Å². The van der Waals surface area contributed by atoms with Crippen LogP contribution in [0.4, 0.5) is 0 Å². The Morgan fingerprint density at radius 3 is 2.76 bits per heavy atom. The van der Waals surface area contributed by atoms with Crippen molar-refractivity contribution in [2.24, 2.45) is 0 Å². The van der Waals surface area contributed by atoms with Crippen molar-refractivity contribution in [3.63, 3.8) is 0 Å². The van der Waals surface area contributed by atoms with E-state index in [2.05, 4.69) is 16.5 Å². The molecule has 0 bridgehead atoms. The summed E-state index contributed by atoms with van der Waals surface area (Å²) < 4.78 is 5.65. The summed E-state index contributed by atoms with van der Waals surface area (Å²) in [6.07, 6.45) is 3.15. The molecule has 1 fully saturated rings. The van der Waals surface area contributed by atoms with Gasteiger partial charge in [0.05, 0.1) is 6.61 Å². The van der Waals surface area contributed by atoms with Crippen molar-refractivity contribution in [2.45, 2.75) is 39.0 Å². The van der Waals surface area contributed by atoms with E-state index in [1.807, 2.05) is 13.8 Å². The second kappa shape index (κ2) is 5.05. The number of halogens is 1. The minimum Gasteiger partial charge on any atom is -0.477 e. The normalized spacial score (nSPS) is 14.8. The first-order chi connectivity index (χ1) is 8.08. The first-order valence-electron chi connectivity index (χ1n) is 5.89. The number of ether oxygens (including phenoxy) is 1. The average molecular weight is 253 g/mol. The molecule has 1 heterocycles. The predicted molar refractivity (Wildman–Crippen MR) is 68.7 cm³/mol. The number of hydrogen-bond donors (Lipinski definition) is 0. The molecule has 1 aliphatic carbocycles. The molecule has 1 saturated carbocycles. The fourth-order valence-electron chi connectivity index (χ4n) is 1.47. The van der Waals surface area contributed by atoms with E-state index in [1.54, 1.807) is 0 Å². The molecule has 0 unspecified atom stereocenters. The molecule has 0 amide bonds. The summed E-state index contributed by atoms with van der Waals surface area (Å²) in [5.74, 6) is 1.93. The second-order valence-electron chi connectivity index (χ2n) is 4.63. The third-order valence-corrected chi connectivity index (χ3v) is 3.14. The van der Waals surface area contributed by atoms with Crippen LogP contribution in [0, 0.1) is 6.92 Å². The van der Waals surface area contributed by atoms with Crippen LogP contribution in [0.1, 0.15) is 43.5 Å². The van der Waals surface area contributed by atoms with E-state index in [9.17, 15) is 0 Å². The molecule has 92 valence electrons. The summed E-state index contributed by atoms with van der Waals surface area (Å²) in [5.41, 5.74) is 1.92. The molecule has 0 atom stereocenters. The third-order valence-electron chi connectivity index (χ3n) is 2.77.